The Labute approximate surface area is 122 Å². The summed E-state index contributed by atoms with van der Waals surface area (Å²) in [5, 5.41) is 3.49. The molecule has 1 N–H and O–H groups in total. The molecule has 2 fully saturated rings. The van der Waals surface area contributed by atoms with Gasteiger partial charge < -0.3 is 10.2 Å². The van der Waals surface area contributed by atoms with Crippen molar-refractivity contribution in [3.05, 3.63) is 29.3 Å². The van der Waals surface area contributed by atoms with E-state index < -0.39 is 0 Å². The van der Waals surface area contributed by atoms with Crippen LogP contribution in [0.25, 0.3) is 0 Å². The van der Waals surface area contributed by atoms with Crippen LogP contribution >= 0.6 is 0 Å². The van der Waals surface area contributed by atoms with Gasteiger partial charge in [0.25, 0.3) is 0 Å². The third-order valence-corrected chi connectivity index (χ3v) is 5.94. The highest BCUT2D eigenvalue weighted by atomic mass is 15.1. The van der Waals surface area contributed by atoms with Gasteiger partial charge in [-0.1, -0.05) is 25.0 Å². The molecule has 2 nitrogen and oxygen atoms in total. The first kappa shape index (κ1) is 12.7. The Kier molecular flexibility index (Phi) is 3.22. The molecule has 0 aromatic heterocycles. The van der Waals surface area contributed by atoms with Gasteiger partial charge in [0, 0.05) is 25.3 Å². The fourth-order valence-corrected chi connectivity index (χ4v) is 4.66. The molecule has 2 aliphatic heterocycles. The number of benzene rings is 1. The Morgan fingerprint density at radius 2 is 1.80 bits per heavy atom. The Morgan fingerprint density at radius 1 is 1.00 bits per heavy atom. The predicted molar refractivity (Wildman–Crippen MR) is 84.2 cm³/mol. The van der Waals surface area contributed by atoms with Crippen LogP contribution in [0.3, 0.4) is 0 Å². The summed E-state index contributed by atoms with van der Waals surface area (Å²) >= 11 is 0. The van der Waals surface area contributed by atoms with E-state index in [0.717, 1.165) is 18.5 Å². The van der Waals surface area contributed by atoms with E-state index in [9.17, 15) is 0 Å². The van der Waals surface area contributed by atoms with Gasteiger partial charge in [-0.2, -0.15) is 0 Å². The first-order chi connectivity index (χ1) is 9.86. The second-order valence-corrected chi connectivity index (χ2v) is 7.04. The average Bonchev–Trinajstić information content (AvgIpc) is 2.96. The molecule has 0 unspecified atom stereocenters. The number of hydrogen-bond donors (Lipinski definition) is 1. The molecular weight excluding hydrogens is 244 g/mol. The number of piperidine rings is 1. The Hall–Kier alpha value is -1.02. The number of hydrogen-bond acceptors (Lipinski definition) is 2. The molecule has 1 aromatic carbocycles. The Balaban J connectivity index is 1.54. The largest absolute Gasteiger partial charge is 0.371 e. The van der Waals surface area contributed by atoms with Gasteiger partial charge in [0.1, 0.15) is 0 Å². The minimum absolute atomic E-state index is 0.729. The molecule has 1 saturated heterocycles. The molecule has 108 valence electrons. The van der Waals surface area contributed by atoms with Crippen LogP contribution in [0, 0.1) is 5.41 Å². The lowest BCUT2D eigenvalue weighted by atomic mass is 9.77. The molecule has 1 aliphatic carbocycles. The molecule has 0 radical (unpaired) electrons. The summed E-state index contributed by atoms with van der Waals surface area (Å²) in [5.41, 5.74) is 5.41. The molecule has 3 aliphatic rings. The first-order valence-corrected chi connectivity index (χ1v) is 8.43. The highest BCUT2D eigenvalue weighted by molar-refractivity contribution is 5.58. The van der Waals surface area contributed by atoms with Crippen LogP contribution < -0.4 is 10.2 Å². The van der Waals surface area contributed by atoms with Crippen molar-refractivity contribution in [2.45, 2.75) is 51.5 Å². The zero-order valence-electron chi connectivity index (χ0n) is 12.5. The van der Waals surface area contributed by atoms with E-state index in [-0.39, 0.29) is 0 Å². The highest BCUT2D eigenvalue weighted by Gasteiger charge is 2.37. The number of nitrogens with zero attached hydrogens (tertiary/aromatic N) is 1. The molecule has 0 amide bonds. The molecule has 4 rings (SSSR count). The zero-order chi connectivity index (χ0) is 13.4. The molecule has 0 atom stereocenters. The fourth-order valence-electron chi connectivity index (χ4n) is 4.66. The van der Waals surface area contributed by atoms with Gasteiger partial charge in [0.15, 0.2) is 0 Å². The van der Waals surface area contributed by atoms with Crippen LogP contribution in [0.4, 0.5) is 5.69 Å². The summed E-state index contributed by atoms with van der Waals surface area (Å²) < 4.78 is 0. The second kappa shape index (κ2) is 5.07. The van der Waals surface area contributed by atoms with Crippen molar-refractivity contribution in [2.24, 2.45) is 5.41 Å². The van der Waals surface area contributed by atoms with Gasteiger partial charge in [0.05, 0.1) is 0 Å². The van der Waals surface area contributed by atoms with Gasteiger partial charge in [0.2, 0.25) is 0 Å². The maximum Gasteiger partial charge on any atom is 0.0402 e. The van der Waals surface area contributed by atoms with E-state index in [1.807, 2.05) is 0 Å². The van der Waals surface area contributed by atoms with E-state index in [4.69, 9.17) is 0 Å². The van der Waals surface area contributed by atoms with Crippen molar-refractivity contribution in [3.63, 3.8) is 0 Å². The van der Waals surface area contributed by atoms with Crippen LogP contribution in [-0.2, 0) is 13.0 Å². The van der Waals surface area contributed by atoms with Gasteiger partial charge in [-0.05, 0) is 61.3 Å². The summed E-state index contributed by atoms with van der Waals surface area (Å²) in [6, 6.07) is 6.91. The number of anilines is 1. The molecule has 2 heterocycles. The van der Waals surface area contributed by atoms with E-state index in [1.54, 1.807) is 5.56 Å². The number of rotatable bonds is 1. The lowest BCUT2D eigenvalue weighted by Crippen LogP contribution is -2.40. The van der Waals surface area contributed by atoms with E-state index >= 15 is 0 Å². The molecule has 1 spiro atoms. The van der Waals surface area contributed by atoms with E-state index in [2.05, 4.69) is 28.4 Å². The van der Waals surface area contributed by atoms with Gasteiger partial charge >= 0.3 is 0 Å². The predicted octanol–water partition coefficient (Wildman–Crippen LogP) is 3.49. The smallest absolute Gasteiger partial charge is 0.0402 e. The van der Waals surface area contributed by atoms with Crippen molar-refractivity contribution < 1.29 is 0 Å². The van der Waals surface area contributed by atoms with E-state index in [0.29, 0.717) is 0 Å². The lowest BCUT2D eigenvalue weighted by molar-refractivity contribution is 0.226. The summed E-state index contributed by atoms with van der Waals surface area (Å²) in [6.07, 6.45) is 10.0. The van der Waals surface area contributed by atoms with Crippen LogP contribution in [0.1, 0.15) is 49.7 Å². The van der Waals surface area contributed by atoms with Crippen LogP contribution in [0.15, 0.2) is 18.2 Å². The van der Waals surface area contributed by atoms with Crippen molar-refractivity contribution in [2.75, 3.05) is 24.5 Å². The monoisotopic (exact) mass is 270 g/mol. The highest BCUT2D eigenvalue weighted by Crippen LogP contribution is 2.47. The van der Waals surface area contributed by atoms with Crippen LogP contribution in [-0.4, -0.2) is 19.6 Å². The van der Waals surface area contributed by atoms with Gasteiger partial charge in [-0.15, -0.1) is 0 Å². The average molecular weight is 270 g/mol. The summed E-state index contributed by atoms with van der Waals surface area (Å²) in [6.45, 7) is 4.76. The van der Waals surface area contributed by atoms with Gasteiger partial charge in [-0.25, -0.2) is 0 Å². The standard InChI is InChI=1S/C18H26N2/c1-2-8-18(7-1)9-12-20(13-10-18)17-5-3-4-15-14-19-11-6-16(15)17/h3-5,19H,1-2,6-14H2. The molecule has 1 saturated carbocycles. The van der Waals surface area contributed by atoms with Gasteiger partial charge in [-0.3, -0.25) is 0 Å². The number of nitrogens with one attached hydrogen (secondary N) is 1. The van der Waals surface area contributed by atoms with Crippen LogP contribution in [0.2, 0.25) is 0 Å². The minimum Gasteiger partial charge on any atom is -0.371 e. The quantitative estimate of drug-likeness (QED) is 0.840. The summed E-state index contributed by atoms with van der Waals surface area (Å²) in [7, 11) is 0. The summed E-state index contributed by atoms with van der Waals surface area (Å²) in [5.74, 6) is 0. The third-order valence-electron chi connectivity index (χ3n) is 5.94. The second-order valence-electron chi connectivity index (χ2n) is 7.04. The Morgan fingerprint density at radius 3 is 2.60 bits per heavy atom. The lowest BCUT2D eigenvalue weighted by Gasteiger charge is -2.41. The maximum absolute atomic E-state index is 3.49. The molecule has 20 heavy (non-hydrogen) atoms. The third kappa shape index (κ3) is 2.14. The van der Waals surface area contributed by atoms with Crippen molar-refractivity contribution in [1.29, 1.82) is 0 Å². The zero-order valence-corrected chi connectivity index (χ0v) is 12.5. The van der Waals surface area contributed by atoms with E-state index in [1.165, 1.54) is 69.3 Å². The topological polar surface area (TPSA) is 15.3 Å². The summed E-state index contributed by atoms with van der Waals surface area (Å²) in [4.78, 5) is 2.67. The van der Waals surface area contributed by atoms with Crippen molar-refractivity contribution in [1.82, 2.24) is 5.32 Å². The number of fused-ring (bicyclic) bond motifs is 1. The van der Waals surface area contributed by atoms with Crippen LogP contribution in [0.5, 0.6) is 0 Å². The molecular formula is C18H26N2. The normalized spacial score (nSPS) is 24.9. The molecule has 2 heteroatoms. The maximum atomic E-state index is 3.49. The molecule has 1 aromatic rings. The fraction of sp³-hybridized carbons (Fsp3) is 0.667. The first-order valence-electron chi connectivity index (χ1n) is 8.43. The SMILES string of the molecule is c1cc2c(c(N3CCC4(CCCC4)CC3)c1)CCNC2. The Bertz CT molecular complexity index is 478. The molecule has 0 bridgehead atoms. The van der Waals surface area contributed by atoms with Crippen molar-refractivity contribution in [3.8, 4) is 0 Å². The minimum atomic E-state index is 0.729. The van der Waals surface area contributed by atoms with Crippen molar-refractivity contribution >= 4 is 5.69 Å².